The van der Waals surface area contributed by atoms with Crippen LogP contribution in [-0.2, 0) is 4.79 Å². The molecule has 136 valence electrons. The van der Waals surface area contributed by atoms with Crippen molar-refractivity contribution >= 4 is 33.5 Å². The maximum Gasteiger partial charge on any atom is 0.238 e. The summed E-state index contributed by atoms with van der Waals surface area (Å²) in [5.41, 5.74) is 2.22. The third kappa shape index (κ3) is 3.15. The summed E-state index contributed by atoms with van der Waals surface area (Å²) in [6.07, 6.45) is 3.56. The van der Waals surface area contributed by atoms with Gasteiger partial charge in [0.2, 0.25) is 5.91 Å². The fourth-order valence-electron chi connectivity index (χ4n) is 3.78. The average Bonchev–Trinajstić information content (AvgIpc) is 3.00. The lowest BCUT2D eigenvalue weighted by Gasteiger charge is -2.32. The molecule has 0 aliphatic carbocycles. The Morgan fingerprint density at radius 2 is 2.08 bits per heavy atom. The highest BCUT2D eigenvalue weighted by Crippen LogP contribution is 2.36. The molecule has 2 heterocycles. The number of para-hydroxylation sites is 1. The van der Waals surface area contributed by atoms with Crippen molar-refractivity contribution in [3.05, 3.63) is 36.4 Å². The molecule has 1 atom stereocenters. The lowest BCUT2D eigenvalue weighted by atomic mass is 10.0. The Bertz CT molecular complexity index is 947. The molecule has 1 aliphatic rings. The van der Waals surface area contributed by atoms with E-state index in [1.54, 1.807) is 7.11 Å². The Balaban J connectivity index is 1.60. The van der Waals surface area contributed by atoms with Crippen LogP contribution in [-0.4, -0.2) is 37.0 Å². The van der Waals surface area contributed by atoms with Crippen molar-refractivity contribution in [3.63, 3.8) is 0 Å². The van der Waals surface area contributed by atoms with Crippen LogP contribution in [0.5, 0.6) is 5.75 Å². The number of piperidine rings is 1. The van der Waals surface area contributed by atoms with E-state index in [1.165, 1.54) is 6.42 Å². The number of carbonyl (C=O) groups is 1. The molecule has 0 spiro atoms. The van der Waals surface area contributed by atoms with Gasteiger partial charge >= 0.3 is 0 Å². The highest BCUT2D eigenvalue weighted by molar-refractivity contribution is 6.07. The van der Waals surface area contributed by atoms with Crippen LogP contribution >= 0.6 is 0 Å². The Labute approximate surface area is 152 Å². The first kappa shape index (κ1) is 16.9. The zero-order valence-corrected chi connectivity index (χ0v) is 15.2. The molecule has 0 bridgehead atoms. The van der Waals surface area contributed by atoms with Gasteiger partial charge in [0.1, 0.15) is 16.9 Å². The van der Waals surface area contributed by atoms with Crippen LogP contribution in [0.15, 0.2) is 40.8 Å². The van der Waals surface area contributed by atoms with Gasteiger partial charge in [-0.25, -0.2) is 0 Å². The second-order valence-corrected chi connectivity index (χ2v) is 7.01. The molecule has 1 aromatic heterocycles. The van der Waals surface area contributed by atoms with Crippen molar-refractivity contribution in [3.8, 4) is 5.75 Å². The van der Waals surface area contributed by atoms with Gasteiger partial charge in [-0.3, -0.25) is 9.69 Å². The number of benzene rings is 2. The molecule has 1 N–H and O–H groups in total. The van der Waals surface area contributed by atoms with Gasteiger partial charge in [0.05, 0.1) is 19.3 Å². The minimum absolute atomic E-state index is 0.0208. The van der Waals surface area contributed by atoms with Crippen molar-refractivity contribution in [2.75, 3.05) is 25.5 Å². The molecule has 3 aromatic rings. The van der Waals surface area contributed by atoms with Crippen molar-refractivity contribution in [1.29, 1.82) is 0 Å². The first-order valence-corrected chi connectivity index (χ1v) is 9.19. The molecule has 1 saturated heterocycles. The second-order valence-electron chi connectivity index (χ2n) is 7.01. The Kier molecular flexibility index (Phi) is 4.55. The molecule has 1 fully saturated rings. The zero-order valence-electron chi connectivity index (χ0n) is 15.2. The van der Waals surface area contributed by atoms with Crippen molar-refractivity contribution in [2.45, 2.75) is 32.2 Å². The number of fused-ring (bicyclic) bond motifs is 3. The minimum atomic E-state index is -0.0208. The SMILES string of the molecule is COc1cc2c(cc1NC(=O)CN1CCCC[C@@H]1C)oc1ccccc12. The van der Waals surface area contributed by atoms with Crippen LogP contribution in [0.25, 0.3) is 21.9 Å². The first-order chi connectivity index (χ1) is 12.7. The minimum Gasteiger partial charge on any atom is -0.495 e. The third-order valence-electron chi connectivity index (χ3n) is 5.26. The van der Waals surface area contributed by atoms with Gasteiger partial charge in [0.15, 0.2) is 0 Å². The van der Waals surface area contributed by atoms with Gasteiger partial charge in [0.25, 0.3) is 0 Å². The zero-order chi connectivity index (χ0) is 18.1. The molecule has 5 heteroatoms. The number of anilines is 1. The number of likely N-dealkylation sites (tertiary alicyclic amines) is 1. The average molecular weight is 352 g/mol. The van der Waals surface area contributed by atoms with Gasteiger partial charge in [-0.2, -0.15) is 0 Å². The highest BCUT2D eigenvalue weighted by atomic mass is 16.5. The molecule has 26 heavy (non-hydrogen) atoms. The third-order valence-corrected chi connectivity index (χ3v) is 5.26. The number of hydrogen-bond acceptors (Lipinski definition) is 4. The number of nitrogens with zero attached hydrogens (tertiary/aromatic N) is 1. The smallest absolute Gasteiger partial charge is 0.238 e. The van der Waals surface area contributed by atoms with Gasteiger partial charge in [-0.05, 0) is 38.4 Å². The summed E-state index contributed by atoms with van der Waals surface area (Å²) in [4.78, 5) is 14.8. The van der Waals surface area contributed by atoms with Gasteiger partial charge in [-0.1, -0.05) is 24.6 Å². The van der Waals surface area contributed by atoms with Crippen molar-refractivity contribution < 1.29 is 13.9 Å². The largest absolute Gasteiger partial charge is 0.495 e. The fraction of sp³-hybridized carbons (Fsp3) is 0.381. The van der Waals surface area contributed by atoms with Gasteiger partial charge in [-0.15, -0.1) is 0 Å². The summed E-state index contributed by atoms with van der Waals surface area (Å²) in [6.45, 7) is 3.57. The van der Waals surface area contributed by atoms with E-state index in [4.69, 9.17) is 9.15 Å². The number of carbonyl (C=O) groups excluding carboxylic acids is 1. The Morgan fingerprint density at radius 1 is 1.23 bits per heavy atom. The number of hydrogen-bond donors (Lipinski definition) is 1. The topological polar surface area (TPSA) is 54.7 Å². The molecule has 0 radical (unpaired) electrons. The predicted octanol–water partition coefficient (Wildman–Crippen LogP) is 4.41. The summed E-state index contributed by atoms with van der Waals surface area (Å²) in [5.74, 6) is 0.622. The van der Waals surface area contributed by atoms with Gasteiger partial charge < -0.3 is 14.5 Å². The fourth-order valence-corrected chi connectivity index (χ4v) is 3.78. The van der Waals surface area contributed by atoms with E-state index < -0.39 is 0 Å². The summed E-state index contributed by atoms with van der Waals surface area (Å²) >= 11 is 0. The number of ether oxygens (including phenoxy) is 1. The maximum absolute atomic E-state index is 12.6. The lowest BCUT2D eigenvalue weighted by molar-refractivity contribution is -0.118. The highest BCUT2D eigenvalue weighted by Gasteiger charge is 2.21. The lowest BCUT2D eigenvalue weighted by Crippen LogP contribution is -2.42. The van der Waals surface area contributed by atoms with E-state index in [0.29, 0.717) is 24.0 Å². The first-order valence-electron chi connectivity index (χ1n) is 9.19. The van der Waals surface area contributed by atoms with Crippen LogP contribution in [0.2, 0.25) is 0 Å². The Hall–Kier alpha value is -2.53. The standard InChI is InChI=1S/C21H24N2O3/c1-14-7-5-6-10-23(14)13-21(24)22-17-12-19-16(11-20(17)25-2)15-8-3-4-9-18(15)26-19/h3-4,8-9,11-12,14H,5-7,10,13H2,1-2H3,(H,22,24)/t14-/m0/s1. The summed E-state index contributed by atoms with van der Waals surface area (Å²) in [6, 6.07) is 12.1. The number of furan rings is 1. The number of amides is 1. The molecular weight excluding hydrogens is 328 g/mol. The van der Waals surface area contributed by atoms with Crippen LogP contribution in [0.1, 0.15) is 26.2 Å². The Morgan fingerprint density at radius 3 is 2.88 bits per heavy atom. The van der Waals surface area contributed by atoms with E-state index in [2.05, 4.69) is 17.1 Å². The van der Waals surface area contributed by atoms with Gasteiger partial charge in [0, 0.05) is 22.9 Å². The predicted molar refractivity (Wildman–Crippen MR) is 104 cm³/mol. The molecule has 0 unspecified atom stereocenters. The van der Waals surface area contributed by atoms with E-state index in [0.717, 1.165) is 41.3 Å². The maximum atomic E-state index is 12.6. The summed E-state index contributed by atoms with van der Waals surface area (Å²) in [7, 11) is 1.62. The van der Waals surface area contributed by atoms with Crippen molar-refractivity contribution in [2.24, 2.45) is 0 Å². The molecule has 4 rings (SSSR count). The van der Waals surface area contributed by atoms with E-state index in [-0.39, 0.29) is 5.91 Å². The monoisotopic (exact) mass is 352 g/mol. The number of rotatable bonds is 4. The normalized spacial score (nSPS) is 18.3. The van der Waals surface area contributed by atoms with E-state index >= 15 is 0 Å². The van der Waals surface area contributed by atoms with E-state index in [1.807, 2.05) is 36.4 Å². The van der Waals surface area contributed by atoms with Crippen LogP contribution < -0.4 is 10.1 Å². The van der Waals surface area contributed by atoms with Crippen molar-refractivity contribution in [1.82, 2.24) is 4.90 Å². The van der Waals surface area contributed by atoms with Crippen LogP contribution in [0, 0.1) is 0 Å². The quantitative estimate of drug-likeness (QED) is 0.756. The number of nitrogens with one attached hydrogen (secondary N) is 1. The summed E-state index contributed by atoms with van der Waals surface area (Å²) in [5, 5.41) is 5.03. The van der Waals surface area contributed by atoms with Crippen LogP contribution in [0.3, 0.4) is 0 Å². The summed E-state index contributed by atoms with van der Waals surface area (Å²) < 4.78 is 11.4. The molecule has 5 nitrogen and oxygen atoms in total. The molecular formula is C21H24N2O3. The molecule has 1 amide bonds. The molecule has 1 aliphatic heterocycles. The second kappa shape index (κ2) is 7.00. The number of methoxy groups -OCH3 is 1. The molecule has 0 saturated carbocycles. The van der Waals surface area contributed by atoms with E-state index in [9.17, 15) is 4.79 Å². The molecule has 2 aromatic carbocycles. The van der Waals surface area contributed by atoms with Crippen LogP contribution in [0.4, 0.5) is 5.69 Å².